The number of alkyl halides is 2. The van der Waals surface area contributed by atoms with Crippen LogP contribution in [-0.4, -0.2) is 33.8 Å². The molecule has 1 atom stereocenters. The molecule has 1 amide bonds. The average molecular weight is 520 g/mol. The van der Waals surface area contributed by atoms with Gasteiger partial charge in [0.05, 0.1) is 17.4 Å². The Bertz CT molecular complexity index is 1300. The molecule has 1 fully saturated rings. The lowest BCUT2D eigenvalue weighted by Crippen LogP contribution is -2.32. The van der Waals surface area contributed by atoms with E-state index in [4.69, 9.17) is 16.3 Å². The van der Waals surface area contributed by atoms with Gasteiger partial charge in [-0.3, -0.25) is 10.1 Å². The van der Waals surface area contributed by atoms with E-state index in [9.17, 15) is 18.4 Å². The smallest absolute Gasteiger partial charge is 0.411 e. The van der Waals surface area contributed by atoms with Crippen molar-refractivity contribution in [2.45, 2.75) is 39.3 Å². The number of halogens is 3. The Labute approximate surface area is 210 Å². The predicted octanol–water partition coefficient (Wildman–Crippen LogP) is 5.45. The Morgan fingerprint density at radius 1 is 1.22 bits per heavy atom. The van der Waals surface area contributed by atoms with Crippen molar-refractivity contribution in [1.82, 2.24) is 14.5 Å². The lowest BCUT2D eigenvalue weighted by molar-refractivity contribution is -0.0533. The number of pyridine rings is 1. The van der Waals surface area contributed by atoms with Crippen molar-refractivity contribution in [3.8, 4) is 5.88 Å². The summed E-state index contributed by atoms with van der Waals surface area (Å²) in [5.41, 5.74) is 1.16. The first-order valence-corrected chi connectivity index (χ1v) is 11.6. The van der Waals surface area contributed by atoms with Gasteiger partial charge in [0.1, 0.15) is 11.8 Å². The summed E-state index contributed by atoms with van der Waals surface area (Å²) in [6, 6.07) is 9.95. The number of ether oxygens (including phenoxy) is 2. The van der Waals surface area contributed by atoms with Crippen LogP contribution in [0.5, 0.6) is 5.88 Å². The maximum Gasteiger partial charge on any atom is 0.411 e. The summed E-state index contributed by atoms with van der Waals surface area (Å²) in [6.45, 7) is 0.0881. The number of nitrogens with one attached hydrogen (secondary N) is 2. The molecule has 2 aromatic heterocycles. The number of rotatable bonds is 9. The largest absolute Gasteiger partial charge is 0.447 e. The van der Waals surface area contributed by atoms with E-state index in [1.165, 1.54) is 16.8 Å². The van der Waals surface area contributed by atoms with E-state index < -0.39 is 24.3 Å². The Kier molecular flexibility index (Phi) is 7.68. The molecule has 0 spiro atoms. The Hall–Kier alpha value is -3.73. The lowest BCUT2D eigenvalue weighted by Gasteiger charge is -2.21. The SMILES string of the molecule is Cc1cc(Nc2nc(Cl)cn(C(COC(=O)Nc3ccccc3)C3CC3)c2=O)c(C)nc1OC(F)F. The number of aryl methyl sites for hydroxylation is 2. The quantitative estimate of drug-likeness (QED) is 0.387. The van der Waals surface area contributed by atoms with Gasteiger partial charge in [-0.1, -0.05) is 29.8 Å². The molecule has 1 aliphatic carbocycles. The molecule has 0 saturated heterocycles. The number of benzene rings is 1. The number of para-hydroxylation sites is 1. The van der Waals surface area contributed by atoms with Gasteiger partial charge in [-0.05, 0) is 50.8 Å². The van der Waals surface area contributed by atoms with E-state index in [1.807, 2.05) is 6.07 Å². The first-order chi connectivity index (χ1) is 17.2. The van der Waals surface area contributed by atoms with Crippen molar-refractivity contribution in [3.63, 3.8) is 0 Å². The average Bonchev–Trinajstić information content (AvgIpc) is 3.65. The van der Waals surface area contributed by atoms with E-state index in [0.717, 1.165) is 12.8 Å². The molecule has 1 saturated carbocycles. The highest BCUT2D eigenvalue weighted by atomic mass is 35.5. The Morgan fingerprint density at radius 2 is 1.94 bits per heavy atom. The molecule has 9 nitrogen and oxygen atoms in total. The van der Waals surface area contributed by atoms with Gasteiger partial charge < -0.3 is 19.4 Å². The Balaban J connectivity index is 1.54. The van der Waals surface area contributed by atoms with Crippen molar-refractivity contribution in [2.75, 3.05) is 17.2 Å². The van der Waals surface area contributed by atoms with Crippen molar-refractivity contribution >= 4 is 34.9 Å². The third-order valence-corrected chi connectivity index (χ3v) is 5.82. The van der Waals surface area contributed by atoms with Gasteiger partial charge in [-0.15, -0.1) is 0 Å². The molecule has 36 heavy (non-hydrogen) atoms. The highest BCUT2D eigenvalue weighted by Crippen LogP contribution is 2.39. The molecule has 0 bridgehead atoms. The van der Waals surface area contributed by atoms with Gasteiger partial charge in [0, 0.05) is 17.4 Å². The molecule has 1 aliphatic rings. The first kappa shape index (κ1) is 25.4. The van der Waals surface area contributed by atoms with E-state index in [0.29, 0.717) is 22.6 Å². The van der Waals surface area contributed by atoms with Crippen LogP contribution in [-0.2, 0) is 4.74 Å². The van der Waals surface area contributed by atoms with E-state index in [1.54, 1.807) is 38.1 Å². The van der Waals surface area contributed by atoms with Crippen molar-refractivity contribution in [2.24, 2.45) is 5.92 Å². The molecular weight excluding hydrogens is 496 g/mol. The normalized spacial score (nSPS) is 13.8. The van der Waals surface area contributed by atoms with Crippen LogP contribution >= 0.6 is 11.6 Å². The molecule has 2 N–H and O–H groups in total. The topological polar surface area (TPSA) is 107 Å². The summed E-state index contributed by atoms with van der Waals surface area (Å²) in [7, 11) is 0. The van der Waals surface area contributed by atoms with Crippen LogP contribution in [0.15, 0.2) is 47.4 Å². The van der Waals surface area contributed by atoms with Crippen molar-refractivity contribution < 1.29 is 23.0 Å². The van der Waals surface area contributed by atoms with Gasteiger partial charge in [0.15, 0.2) is 5.82 Å². The fourth-order valence-corrected chi connectivity index (χ4v) is 3.90. The highest BCUT2D eigenvalue weighted by molar-refractivity contribution is 6.29. The van der Waals surface area contributed by atoms with Crippen molar-refractivity contribution in [1.29, 1.82) is 0 Å². The maximum atomic E-state index is 13.3. The van der Waals surface area contributed by atoms with Crippen LogP contribution in [0, 0.1) is 19.8 Å². The number of hydrogen-bond acceptors (Lipinski definition) is 7. The zero-order valence-electron chi connectivity index (χ0n) is 19.5. The van der Waals surface area contributed by atoms with Gasteiger partial charge in [0.25, 0.3) is 5.56 Å². The first-order valence-electron chi connectivity index (χ1n) is 11.2. The number of nitrogens with zero attached hydrogens (tertiary/aromatic N) is 3. The molecule has 12 heteroatoms. The number of amides is 1. The minimum absolute atomic E-state index is 0.0393. The molecule has 1 unspecified atom stereocenters. The van der Waals surface area contributed by atoms with Gasteiger partial charge >= 0.3 is 12.7 Å². The minimum Gasteiger partial charge on any atom is -0.447 e. The second-order valence-corrected chi connectivity index (χ2v) is 8.75. The van der Waals surface area contributed by atoms with Crippen LogP contribution in [0.2, 0.25) is 5.15 Å². The standard InChI is InChI=1S/C24H24ClF2N5O4/c1-13-10-17(14(2)28-21(13)36-23(26)27)30-20-22(33)32(11-19(25)31-20)18(15-8-9-15)12-35-24(34)29-16-6-4-3-5-7-16/h3-7,10-11,15,18,23H,8-9,12H2,1-2H3,(H,29,34)(H,30,31). The molecular formula is C24H24ClF2N5O4. The van der Waals surface area contributed by atoms with Crippen molar-refractivity contribution in [3.05, 3.63) is 69.4 Å². The van der Waals surface area contributed by atoms with Crippen LogP contribution in [0.4, 0.5) is 30.8 Å². The van der Waals surface area contributed by atoms with E-state index in [2.05, 4.69) is 25.3 Å². The number of aromatic nitrogens is 3. The second kappa shape index (κ2) is 10.9. The molecule has 1 aromatic carbocycles. The minimum atomic E-state index is -3.01. The molecule has 190 valence electrons. The monoisotopic (exact) mass is 519 g/mol. The summed E-state index contributed by atoms with van der Waals surface area (Å²) in [5, 5.41) is 5.60. The zero-order valence-corrected chi connectivity index (χ0v) is 20.3. The third-order valence-electron chi connectivity index (χ3n) is 5.64. The van der Waals surface area contributed by atoms with Crippen LogP contribution < -0.4 is 20.9 Å². The highest BCUT2D eigenvalue weighted by Gasteiger charge is 2.35. The molecule has 0 radical (unpaired) electrons. The zero-order chi connectivity index (χ0) is 25.8. The Morgan fingerprint density at radius 3 is 2.61 bits per heavy atom. The fraction of sp³-hybridized carbons (Fsp3) is 0.333. The van der Waals surface area contributed by atoms with Gasteiger partial charge in [-0.25, -0.2) is 14.8 Å². The van der Waals surface area contributed by atoms with E-state index >= 15 is 0 Å². The number of carbonyl (C=O) groups excluding carboxylic acids is 1. The molecule has 2 heterocycles. The van der Waals surface area contributed by atoms with E-state index in [-0.39, 0.29) is 29.4 Å². The van der Waals surface area contributed by atoms with Gasteiger partial charge in [0.2, 0.25) is 5.88 Å². The number of carbonyl (C=O) groups is 1. The second-order valence-electron chi connectivity index (χ2n) is 8.37. The summed E-state index contributed by atoms with van der Waals surface area (Å²) in [6.07, 6.45) is 2.52. The number of hydrogen-bond donors (Lipinski definition) is 2. The summed E-state index contributed by atoms with van der Waals surface area (Å²) >= 11 is 6.23. The molecule has 3 aromatic rings. The van der Waals surface area contributed by atoms with Crippen LogP contribution in [0.25, 0.3) is 0 Å². The van der Waals surface area contributed by atoms with Gasteiger partial charge in [-0.2, -0.15) is 8.78 Å². The van der Waals surface area contributed by atoms with Crippen LogP contribution in [0.1, 0.15) is 30.1 Å². The lowest BCUT2D eigenvalue weighted by atomic mass is 10.2. The predicted molar refractivity (Wildman–Crippen MR) is 130 cm³/mol. The summed E-state index contributed by atoms with van der Waals surface area (Å²) in [5.74, 6) is -0.145. The maximum absolute atomic E-state index is 13.3. The number of anilines is 3. The third kappa shape index (κ3) is 6.28. The fourth-order valence-electron chi connectivity index (χ4n) is 3.71. The summed E-state index contributed by atoms with van der Waals surface area (Å²) < 4.78 is 36.5. The molecule has 4 rings (SSSR count). The van der Waals surface area contributed by atoms with Crippen LogP contribution in [0.3, 0.4) is 0 Å². The summed E-state index contributed by atoms with van der Waals surface area (Å²) in [4.78, 5) is 33.7. The molecule has 0 aliphatic heterocycles.